The smallest absolute Gasteiger partial charge is 0.186 e. The Kier molecular flexibility index (Phi) is 4.36. The van der Waals surface area contributed by atoms with E-state index >= 15 is 0 Å². The van der Waals surface area contributed by atoms with Crippen LogP contribution in [0.15, 0.2) is 36.4 Å². The minimum atomic E-state index is -0.480. The number of aliphatic hydroxyl groups is 1. The van der Waals surface area contributed by atoms with Gasteiger partial charge in [0.1, 0.15) is 10.8 Å². The van der Waals surface area contributed by atoms with Crippen LogP contribution in [0.1, 0.15) is 0 Å². The first-order chi connectivity index (χ1) is 8.65. The highest BCUT2D eigenvalue weighted by Gasteiger charge is 2.16. The van der Waals surface area contributed by atoms with Crippen LogP contribution in [0.25, 0.3) is 11.1 Å². The van der Waals surface area contributed by atoms with Gasteiger partial charge in [0.2, 0.25) is 0 Å². The SMILES string of the molecule is OCOc1cc(-c2ccccc2)c(Cl)c(Cl)c1Cl. The third-order valence-electron chi connectivity index (χ3n) is 2.42. The molecule has 5 heteroatoms. The van der Waals surface area contributed by atoms with Gasteiger partial charge in [-0.15, -0.1) is 0 Å². The van der Waals surface area contributed by atoms with E-state index in [1.54, 1.807) is 6.07 Å². The van der Waals surface area contributed by atoms with Gasteiger partial charge in [-0.1, -0.05) is 65.1 Å². The Bertz CT molecular complexity index is 556. The highest BCUT2D eigenvalue weighted by molar-refractivity contribution is 6.49. The molecule has 0 bridgehead atoms. The molecule has 0 fully saturated rings. The molecule has 0 saturated carbocycles. The van der Waals surface area contributed by atoms with Crippen LogP contribution in [-0.2, 0) is 0 Å². The summed E-state index contributed by atoms with van der Waals surface area (Å²) in [6, 6.07) is 11.1. The minimum Gasteiger partial charge on any atom is -0.466 e. The summed E-state index contributed by atoms with van der Waals surface area (Å²) in [7, 11) is 0. The lowest BCUT2D eigenvalue weighted by Crippen LogP contribution is -1.96. The first-order valence-corrected chi connectivity index (χ1v) is 6.25. The average molecular weight is 304 g/mol. The van der Waals surface area contributed by atoms with E-state index in [-0.39, 0.29) is 10.0 Å². The lowest BCUT2D eigenvalue weighted by molar-refractivity contribution is 0.0987. The van der Waals surface area contributed by atoms with E-state index in [1.807, 2.05) is 30.3 Å². The second-order valence-corrected chi connectivity index (χ2v) is 4.64. The molecule has 0 saturated heterocycles. The van der Waals surface area contributed by atoms with Gasteiger partial charge < -0.3 is 9.84 Å². The molecule has 0 atom stereocenters. The van der Waals surface area contributed by atoms with E-state index in [2.05, 4.69) is 0 Å². The highest BCUT2D eigenvalue weighted by Crippen LogP contribution is 2.43. The van der Waals surface area contributed by atoms with Crippen LogP contribution >= 0.6 is 34.8 Å². The predicted molar refractivity (Wildman–Crippen MR) is 74.6 cm³/mol. The van der Waals surface area contributed by atoms with Crippen molar-refractivity contribution in [3.8, 4) is 16.9 Å². The number of hydrogen-bond acceptors (Lipinski definition) is 2. The van der Waals surface area contributed by atoms with Gasteiger partial charge in [0.15, 0.2) is 6.79 Å². The molecule has 2 aromatic rings. The van der Waals surface area contributed by atoms with Gasteiger partial charge in [0.25, 0.3) is 0 Å². The summed E-state index contributed by atoms with van der Waals surface area (Å²) < 4.78 is 5.02. The zero-order chi connectivity index (χ0) is 13.1. The monoisotopic (exact) mass is 302 g/mol. The topological polar surface area (TPSA) is 29.5 Å². The van der Waals surface area contributed by atoms with Crippen molar-refractivity contribution in [3.05, 3.63) is 51.5 Å². The maximum Gasteiger partial charge on any atom is 0.186 e. The van der Waals surface area contributed by atoms with Gasteiger partial charge in [-0.25, -0.2) is 0 Å². The third kappa shape index (κ3) is 2.57. The molecule has 0 radical (unpaired) electrons. The molecular formula is C13H9Cl3O2. The first kappa shape index (κ1) is 13.5. The molecular weight excluding hydrogens is 294 g/mol. The second-order valence-electron chi connectivity index (χ2n) is 3.50. The molecule has 18 heavy (non-hydrogen) atoms. The quantitative estimate of drug-likeness (QED) is 0.661. The average Bonchev–Trinajstić information content (AvgIpc) is 2.40. The third-order valence-corrected chi connectivity index (χ3v) is 3.76. The lowest BCUT2D eigenvalue weighted by Gasteiger charge is -2.12. The summed E-state index contributed by atoms with van der Waals surface area (Å²) in [6.07, 6.45) is 0. The lowest BCUT2D eigenvalue weighted by atomic mass is 10.1. The second kappa shape index (κ2) is 5.81. The normalized spacial score (nSPS) is 10.4. The number of rotatable bonds is 3. The van der Waals surface area contributed by atoms with Gasteiger partial charge in [-0.2, -0.15) is 0 Å². The Morgan fingerprint density at radius 2 is 1.61 bits per heavy atom. The summed E-state index contributed by atoms with van der Waals surface area (Å²) >= 11 is 18.2. The van der Waals surface area contributed by atoms with E-state index in [0.717, 1.165) is 5.56 Å². The van der Waals surface area contributed by atoms with E-state index < -0.39 is 6.79 Å². The van der Waals surface area contributed by atoms with Crippen molar-refractivity contribution in [1.82, 2.24) is 0 Å². The van der Waals surface area contributed by atoms with Crippen LogP contribution in [0.2, 0.25) is 15.1 Å². The fourth-order valence-corrected chi connectivity index (χ4v) is 2.29. The fraction of sp³-hybridized carbons (Fsp3) is 0.0769. The van der Waals surface area contributed by atoms with Crippen LogP contribution in [0.5, 0.6) is 5.75 Å². The van der Waals surface area contributed by atoms with Crippen molar-refractivity contribution < 1.29 is 9.84 Å². The van der Waals surface area contributed by atoms with Crippen LogP contribution in [0.4, 0.5) is 0 Å². The Balaban J connectivity index is 2.61. The maximum atomic E-state index is 8.81. The molecule has 94 valence electrons. The number of hydrogen-bond donors (Lipinski definition) is 1. The predicted octanol–water partition coefficient (Wildman–Crippen LogP) is 4.64. The fourth-order valence-electron chi connectivity index (χ4n) is 1.58. The largest absolute Gasteiger partial charge is 0.466 e. The molecule has 0 unspecified atom stereocenters. The van der Waals surface area contributed by atoms with Gasteiger partial charge >= 0.3 is 0 Å². The summed E-state index contributed by atoms with van der Waals surface area (Å²) in [5.41, 5.74) is 1.60. The van der Waals surface area contributed by atoms with E-state index in [4.69, 9.17) is 44.6 Å². The van der Waals surface area contributed by atoms with Crippen LogP contribution < -0.4 is 4.74 Å². The zero-order valence-corrected chi connectivity index (χ0v) is 11.4. The standard InChI is InChI=1S/C13H9Cl3O2/c14-11-9(8-4-2-1-3-5-8)6-10(18-7-17)12(15)13(11)16/h1-6,17H,7H2. The molecule has 1 N–H and O–H groups in total. The minimum absolute atomic E-state index is 0.190. The first-order valence-electron chi connectivity index (χ1n) is 5.11. The molecule has 0 aliphatic heterocycles. The zero-order valence-electron chi connectivity index (χ0n) is 9.16. The molecule has 2 rings (SSSR count). The summed E-state index contributed by atoms with van der Waals surface area (Å²) in [5, 5.41) is 9.57. The number of benzene rings is 2. The van der Waals surface area contributed by atoms with Crippen molar-refractivity contribution in [1.29, 1.82) is 0 Å². The molecule has 0 aromatic heterocycles. The number of halogens is 3. The number of ether oxygens (including phenoxy) is 1. The van der Waals surface area contributed by atoms with Crippen LogP contribution in [-0.4, -0.2) is 11.9 Å². The molecule has 0 aliphatic carbocycles. The van der Waals surface area contributed by atoms with Crippen molar-refractivity contribution in [2.45, 2.75) is 0 Å². The molecule has 0 aliphatic rings. The van der Waals surface area contributed by atoms with Crippen molar-refractivity contribution in [3.63, 3.8) is 0 Å². The molecule has 2 aromatic carbocycles. The summed E-state index contributed by atoms with van der Waals surface area (Å²) in [6.45, 7) is -0.480. The van der Waals surface area contributed by atoms with Crippen molar-refractivity contribution in [2.24, 2.45) is 0 Å². The van der Waals surface area contributed by atoms with Gasteiger partial charge in [-0.05, 0) is 11.6 Å². The van der Waals surface area contributed by atoms with Crippen molar-refractivity contribution >= 4 is 34.8 Å². The molecule has 2 nitrogen and oxygen atoms in total. The van der Waals surface area contributed by atoms with E-state index in [0.29, 0.717) is 16.3 Å². The Hall–Kier alpha value is -0.930. The van der Waals surface area contributed by atoms with Crippen LogP contribution in [0.3, 0.4) is 0 Å². The van der Waals surface area contributed by atoms with E-state index in [9.17, 15) is 0 Å². The highest BCUT2D eigenvalue weighted by atomic mass is 35.5. The van der Waals surface area contributed by atoms with Crippen molar-refractivity contribution in [2.75, 3.05) is 6.79 Å². The van der Waals surface area contributed by atoms with Crippen LogP contribution in [0, 0.1) is 0 Å². The molecule has 0 amide bonds. The van der Waals surface area contributed by atoms with E-state index in [1.165, 1.54) is 0 Å². The van der Waals surface area contributed by atoms with Gasteiger partial charge in [-0.3, -0.25) is 0 Å². The maximum absolute atomic E-state index is 8.81. The van der Waals surface area contributed by atoms with Gasteiger partial charge in [0.05, 0.1) is 10.0 Å². The Morgan fingerprint density at radius 3 is 2.22 bits per heavy atom. The summed E-state index contributed by atoms with van der Waals surface area (Å²) in [5.74, 6) is 0.299. The summed E-state index contributed by atoms with van der Waals surface area (Å²) in [4.78, 5) is 0. The Labute approximate surface area is 120 Å². The Morgan fingerprint density at radius 1 is 0.944 bits per heavy atom. The van der Waals surface area contributed by atoms with Gasteiger partial charge in [0, 0.05) is 5.56 Å². The molecule has 0 spiro atoms. The molecule has 0 heterocycles. The number of aliphatic hydroxyl groups excluding tert-OH is 1.